The van der Waals surface area contributed by atoms with Crippen molar-refractivity contribution in [2.24, 2.45) is 13.0 Å². The number of fused-ring (bicyclic) bond motifs is 2. The van der Waals surface area contributed by atoms with Crippen molar-refractivity contribution in [3.05, 3.63) is 35.5 Å². The molecule has 3 aromatic heterocycles. The predicted molar refractivity (Wildman–Crippen MR) is 123 cm³/mol. The van der Waals surface area contributed by atoms with Crippen molar-refractivity contribution < 1.29 is 18.0 Å². The summed E-state index contributed by atoms with van der Waals surface area (Å²) in [5.41, 5.74) is 2.99. The maximum atomic E-state index is 13.1. The molecule has 2 amide bonds. The second kappa shape index (κ2) is 8.38. The van der Waals surface area contributed by atoms with Crippen molar-refractivity contribution in [1.29, 1.82) is 0 Å². The summed E-state index contributed by atoms with van der Waals surface area (Å²) < 4.78 is 27.0. The molecule has 12 nitrogen and oxygen atoms in total. The fourth-order valence-electron chi connectivity index (χ4n) is 4.58. The molecule has 1 aliphatic carbocycles. The number of sulfonamides is 1. The first-order chi connectivity index (χ1) is 16.3. The van der Waals surface area contributed by atoms with Gasteiger partial charge in [0.15, 0.2) is 5.69 Å². The Morgan fingerprint density at radius 2 is 2.06 bits per heavy atom. The van der Waals surface area contributed by atoms with E-state index in [-0.39, 0.29) is 17.7 Å². The number of hydrogen-bond donors (Lipinski definition) is 3. The van der Waals surface area contributed by atoms with E-state index in [0.717, 1.165) is 41.1 Å². The van der Waals surface area contributed by atoms with Crippen LogP contribution in [0.1, 0.15) is 41.5 Å². The third kappa shape index (κ3) is 4.00. The molecule has 0 aromatic carbocycles. The van der Waals surface area contributed by atoms with Gasteiger partial charge in [0, 0.05) is 56.0 Å². The molecule has 34 heavy (non-hydrogen) atoms. The van der Waals surface area contributed by atoms with Gasteiger partial charge in [0.05, 0.1) is 11.1 Å². The van der Waals surface area contributed by atoms with Crippen LogP contribution >= 0.6 is 0 Å². The number of rotatable bonds is 6. The number of amides is 2. The molecule has 180 valence electrons. The van der Waals surface area contributed by atoms with Crippen LogP contribution in [-0.4, -0.2) is 63.3 Å². The van der Waals surface area contributed by atoms with Crippen LogP contribution in [-0.2, 0) is 34.8 Å². The maximum absolute atomic E-state index is 13.1. The van der Waals surface area contributed by atoms with Gasteiger partial charge >= 0.3 is 0 Å². The van der Waals surface area contributed by atoms with Crippen molar-refractivity contribution in [3.63, 3.8) is 0 Å². The molecule has 0 bridgehead atoms. The molecule has 1 saturated carbocycles. The number of H-pyrrole nitrogens is 1. The Kier molecular flexibility index (Phi) is 5.50. The average molecular weight is 487 g/mol. The van der Waals surface area contributed by atoms with Crippen LogP contribution in [0.4, 0.5) is 5.82 Å². The molecular weight excluding hydrogens is 460 g/mol. The molecule has 1 aliphatic heterocycles. The first-order valence-corrected chi connectivity index (χ1v) is 12.8. The highest BCUT2D eigenvalue weighted by Crippen LogP contribution is 2.31. The summed E-state index contributed by atoms with van der Waals surface area (Å²) in [7, 11) is -1.75. The number of nitrogens with one attached hydrogen (secondary N) is 3. The monoisotopic (exact) mass is 486 g/mol. The first kappa shape index (κ1) is 22.3. The minimum Gasteiger partial charge on any atom is -0.351 e. The maximum Gasteiger partial charge on any atom is 0.272 e. The standard InChI is InChI=1S/C21H26N8O4S/c1-3-34(32,33)27-20(30)12-8-13(9-12)25-21(31)17-15-10-29(7-5-16(15)28(2)26-17)19-14-4-6-22-18(14)23-11-24-19/h4,6,11-13H,3,5,7-10H2,1-2H3,(H,25,31)(H,27,30)(H,22,23,24). The first-order valence-electron chi connectivity index (χ1n) is 11.2. The number of hydrogen-bond acceptors (Lipinski definition) is 8. The van der Waals surface area contributed by atoms with Crippen molar-refractivity contribution >= 4 is 38.7 Å². The minimum absolute atomic E-state index is 0.155. The fourth-order valence-corrected chi connectivity index (χ4v) is 5.20. The lowest BCUT2D eigenvalue weighted by molar-refractivity contribution is -0.126. The number of anilines is 1. The third-order valence-electron chi connectivity index (χ3n) is 6.57. The highest BCUT2D eigenvalue weighted by molar-refractivity contribution is 7.90. The van der Waals surface area contributed by atoms with Crippen LogP contribution in [0.15, 0.2) is 18.6 Å². The van der Waals surface area contributed by atoms with E-state index in [1.54, 1.807) is 4.68 Å². The van der Waals surface area contributed by atoms with Crippen molar-refractivity contribution in [3.8, 4) is 0 Å². The number of aryl methyl sites for hydroxylation is 1. The quantitative estimate of drug-likeness (QED) is 0.447. The lowest BCUT2D eigenvalue weighted by Crippen LogP contribution is -2.50. The zero-order valence-corrected chi connectivity index (χ0v) is 19.7. The summed E-state index contributed by atoms with van der Waals surface area (Å²) in [5, 5.41) is 8.34. The normalized spacial score (nSPS) is 20.0. The smallest absolute Gasteiger partial charge is 0.272 e. The van der Waals surface area contributed by atoms with E-state index < -0.39 is 21.8 Å². The molecule has 0 saturated heterocycles. The summed E-state index contributed by atoms with van der Waals surface area (Å²) in [5.74, 6) is -0.585. The van der Waals surface area contributed by atoms with Crippen LogP contribution < -0.4 is 14.9 Å². The molecule has 4 heterocycles. The Bertz CT molecular complexity index is 1370. The molecule has 5 rings (SSSR count). The third-order valence-corrected chi connectivity index (χ3v) is 7.84. The van der Waals surface area contributed by atoms with Gasteiger partial charge in [-0.25, -0.2) is 18.4 Å². The van der Waals surface area contributed by atoms with Crippen molar-refractivity contribution in [2.45, 2.75) is 38.8 Å². The highest BCUT2D eigenvalue weighted by Gasteiger charge is 2.38. The number of carbonyl (C=O) groups is 2. The fraction of sp³-hybridized carbons (Fsp3) is 0.476. The second-order valence-electron chi connectivity index (χ2n) is 8.71. The number of aromatic nitrogens is 5. The molecule has 0 radical (unpaired) electrons. The van der Waals surface area contributed by atoms with E-state index in [0.29, 0.717) is 25.1 Å². The largest absolute Gasteiger partial charge is 0.351 e. The van der Waals surface area contributed by atoms with Crippen molar-refractivity contribution in [2.75, 3.05) is 17.2 Å². The Hall–Kier alpha value is -3.48. The van der Waals surface area contributed by atoms with Gasteiger partial charge in [0.2, 0.25) is 15.9 Å². The summed E-state index contributed by atoms with van der Waals surface area (Å²) in [6.07, 6.45) is 4.86. The molecule has 0 unspecified atom stereocenters. The molecule has 0 spiro atoms. The van der Waals surface area contributed by atoms with Gasteiger partial charge in [-0.2, -0.15) is 5.10 Å². The van der Waals surface area contributed by atoms with Gasteiger partial charge < -0.3 is 15.2 Å². The van der Waals surface area contributed by atoms with Crippen LogP contribution in [0.3, 0.4) is 0 Å². The zero-order valence-electron chi connectivity index (χ0n) is 18.9. The van der Waals surface area contributed by atoms with E-state index in [1.807, 2.05) is 19.3 Å². The predicted octanol–water partition coefficient (Wildman–Crippen LogP) is 0.228. The topological polar surface area (TPSA) is 155 Å². The number of carbonyl (C=O) groups excluding carboxylic acids is 2. The van der Waals surface area contributed by atoms with E-state index in [9.17, 15) is 18.0 Å². The second-order valence-corrected chi connectivity index (χ2v) is 10.7. The van der Waals surface area contributed by atoms with E-state index in [4.69, 9.17) is 0 Å². The van der Waals surface area contributed by atoms with E-state index in [1.165, 1.54) is 13.3 Å². The van der Waals surface area contributed by atoms with Gasteiger partial charge in [-0.1, -0.05) is 0 Å². The van der Waals surface area contributed by atoms with Crippen molar-refractivity contribution in [1.82, 2.24) is 34.8 Å². The van der Waals surface area contributed by atoms with Gasteiger partial charge in [-0.15, -0.1) is 0 Å². The van der Waals surface area contributed by atoms with E-state index >= 15 is 0 Å². The average Bonchev–Trinajstić information content (AvgIpc) is 3.39. The molecule has 0 atom stereocenters. The number of nitrogens with zero attached hydrogens (tertiary/aromatic N) is 5. The van der Waals surface area contributed by atoms with E-state index in [2.05, 4.69) is 35.0 Å². The highest BCUT2D eigenvalue weighted by atomic mass is 32.2. The SMILES string of the molecule is CCS(=O)(=O)NC(=O)C1CC(NC(=O)c2nn(C)c3c2CN(c2ncnc4[nH]ccc24)CC3)C1. The Morgan fingerprint density at radius 1 is 1.26 bits per heavy atom. The molecule has 3 N–H and O–H groups in total. The molecule has 3 aromatic rings. The molecule has 13 heteroatoms. The van der Waals surface area contributed by atoms with Gasteiger partial charge in [-0.05, 0) is 25.8 Å². The molecular formula is C21H26N8O4S. The minimum atomic E-state index is -3.58. The van der Waals surface area contributed by atoms with Gasteiger partial charge in [0.1, 0.15) is 17.8 Å². The van der Waals surface area contributed by atoms with Crippen LogP contribution in [0.25, 0.3) is 11.0 Å². The van der Waals surface area contributed by atoms with Gasteiger partial charge in [-0.3, -0.25) is 19.0 Å². The zero-order chi connectivity index (χ0) is 24.0. The van der Waals surface area contributed by atoms with Crippen LogP contribution in [0.2, 0.25) is 0 Å². The summed E-state index contributed by atoms with van der Waals surface area (Å²) in [6.45, 7) is 2.71. The van der Waals surface area contributed by atoms with Crippen LogP contribution in [0.5, 0.6) is 0 Å². The Morgan fingerprint density at radius 3 is 2.82 bits per heavy atom. The molecule has 2 aliphatic rings. The Labute approximate surface area is 196 Å². The van der Waals surface area contributed by atoms with Gasteiger partial charge in [0.25, 0.3) is 5.91 Å². The Balaban J connectivity index is 1.27. The summed E-state index contributed by atoms with van der Waals surface area (Å²) in [6, 6.07) is 1.73. The lowest BCUT2D eigenvalue weighted by atomic mass is 9.80. The summed E-state index contributed by atoms with van der Waals surface area (Å²) in [4.78, 5) is 39.1. The molecule has 1 fully saturated rings. The van der Waals surface area contributed by atoms with Crippen LogP contribution in [0, 0.1) is 5.92 Å². The summed E-state index contributed by atoms with van der Waals surface area (Å²) >= 11 is 0. The number of aromatic amines is 1. The lowest BCUT2D eigenvalue weighted by Gasteiger charge is -2.34.